The Kier molecular flexibility index (Phi) is 2.47. The van der Waals surface area contributed by atoms with E-state index < -0.39 is 18.6 Å². The maximum atomic E-state index is 8.97. The van der Waals surface area contributed by atoms with Crippen LogP contribution in [0.2, 0.25) is 5.02 Å². The molecule has 0 radical (unpaired) electrons. The van der Waals surface area contributed by atoms with Crippen LogP contribution in [0.25, 0.3) is 0 Å². The van der Waals surface area contributed by atoms with Crippen LogP contribution in [-0.2, 0) is 0 Å². The van der Waals surface area contributed by atoms with Gasteiger partial charge in [-0.05, 0) is 17.6 Å². The summed E-state index contributed by atoms with van der Waals surface area (Å²) in [4.78, 5) is 0. The summed E-state index contributed by atoms with van der Waals surface area (Å²) in [5, 5.41) is 35.1. The van der Waals surface area contributed by atoms with E-state index in [1.165, 1.54) is 0 Å². The minimum absolute atomic E-state index is 0.0234. The maximum Gasteiger partial charge on any atom is 0.488 e. The molecule has 1 aromatic rings. The second-order valence-electron chi connectivity index (χ2n) is 2.24. The van der Waals surface area contributed by atoms with Gasteiger partial charge in [0.2, 0.25) is 0 Å². The fourth-order valence-corrected chi connectivity index (χ4v) is 0.977. The summed E-state index contributed by atoms with van der Waals surface area (Å²) >= 11 is 5.43. The van der Waals surface area contributed by atoms with Crippen LogP contribution in [0.3, 0.4) is 0 Å². The quantitative estimate of drug-likeness (QED) is 0.351. The zero-order valence-corrected chi connectivity index (χ0v) is 6.65. The van der Waals surface area contributed by atoms with Crippen molar-refractivity contribution in [3.05, 3.63) is 17.2 Å². The van der Waals surface area contributed by atoms with Crippen LogP contribution < -0.4 is 5.46 Å². The summed E-state index contributed by atoms with van der Waals surface area (Å²) in [6.07, 6.45) is 0. The van der Waals surface area contributed by atoms with Crippen molar-refractivity contribution in [3.8, 4) is 11.5 Å². The highest BCUT2D eigenvalue weighted by Gasteiger charge is 2.15. The predicted octanol–water partition coefficient (Wildman–Crippen LogP) is -0.569. The number of phenolic OH excluding ortho intramolecular Hbond substituents is 2. The van der Waals surface area contributed by atoms with Gasteiger partial charge in [0.05, 0.1) is 5.02 Å². The molecule has 4 nitrogen and oxygen atoms in total. The van der Waals surface area contributed by atoms with Crippen molar-refractivity contribution in [1.29, 1.82) is 0 Å². The van der Waals surface area contributed by atoms with E-state index in [-0.39, 0.29) is 10.5 Å². The van der Waals surface area contributed by atoms with Crippen LogP contribution in [-0.4, -0.2) is 27.4 Å². The third-order valence-electron chi connectivity index (χ3n) is 1.36. The van der Waals surface area contributed by atoms with Gasteiger partial charge in [-0.25, -0.2) is 0 Å². The van der Waals surface area contributed by atoms with Crippen molar-refractivity contribution in [3.63, 3.8) is 0 Å². The summed E-state index contributed by atoms with van der Waals surface area (Å²) in [7, 11) is -1.71. The Morgan fingerprint density at radius 2 is 1.75 bits per heavy atom. The maximum absolute atomic E-state index is 8.97. The molecular formula is C6H6BClO4. The molecule has 0 spiro atoms. The molecule has 0 heterocycles. The van der Waals surface area contributed by atoms with Gasteiger partial charge in [-0.1, -0.05) is 11.6 Å². The SMILES string of the molecule is OB(O)c1cc(O)c(O)c(Cl)c1. The normalized spacial score (nSPS) is 9.92. The Morgan fingerprint density at radius 3 is 2.17 bits per heavy atom. The van der Waals surface area contributed by atoms with Crippen LogP contribution >= 0.6 is 11.6 Å². The monoisotopic (exact) mass is 188 g/mol. The lowest BCUT2D eigenvalue weighted by molar-refractivity contribution is 0.402. The lowest BCUT2D eigenvalue weighted by atomic mass is 9.80. The second-order valence-corrected chi connectivity index (χ2v) is 2.65. The van der Waals surface area contributed by atoms with Crippen molar-refractivity contribution in [1.82, 2.24) is 0 Å². The van der Waals surface area contributed by atoms with Crippen LogP contribution in [0.4, 0.5) is 0 Å². The van der Waals surface area contributed by atoms with Crippen LogP contribution in [0, 0.1) is 0 Å². The summed E-state index contributed by atoms with van der Waals surface area (Å²) in [5.41, 5.74) is 0.0234. The average Bonchev–Trinajstić information content (AvgIpc) is 1.99. The first-order chi connectivity index (χ1) is 5.52. The fourth-order valence-electron chi connectivity index (χ4n) is 0.754. The van der Waals surface area contributed by atoms with Gasteiger partial charge in [-0.3, -0.25) is 0 Å². The topological polar surface area (TPSA) is 80.9 Å². The number of rotatable bonds is 1. The Morgan fingerprint density at radius 1 is 1.17 bits per heavy atom. The van der Waals surface area contributed by atoms with Gasteiger partial charge in [-0.2, -0.15) is 0 Å². The van der Waals surface area contributed by atoms with E-state index >= 15 is 0 Å². The number of hydrogen-bond acceptors (Lipinski definition) is 4. The van der Waals surface area contributed by atoms with Crippen LogP contribution in [0.15, 0.2) is 12.1 Å². The summed E-state index contributed by atoms with van der Waals surface area (Å²) in [6, 6.07) is 2.17. The lowest BCUT2D eigenvalue weighted by Crippen LogP contribution is -2.29. The predicted molar refractivity (Wildman–Crippen MR) is 44.6 cm³/mol. The van der Waals surface area contributed by atoms with Gasteiger partial charge < -0.3 is 20.3 Å². The molecule has 64 valence electrons. The average molecular weight is 188 g/mol. The molecule has 0 aliphatic rings. The number of phenols is 2. The fraction of sp³-hybridized carbons (Fsp3) is 0. The molecule has 4 N–H and O–H groups in total. The standard InChI is InChI=1S/C6H6BClO4/c8-4-1-3(7(11)12)2-5(9)6(4)10/h1-2,9-12H. The van der Waals surface area contributed by atoms with Gasteiger partial charge in [0.1, 0.15) is 0 Å². The summed E-state index contributed by atoms with van der Waals surface area (Å²) in [6.45, 7) is 0. The molecule has 0 saturated carbocycles. The number of benzene rings is 1. The molecule has 0 fully saturated rings. The molecule has 0 bridgehead atoms. The molecule has 12 heavy (non-hydrogen) atoms. The van der Waals surface area contributed by atoms with E-state index in [1.54, 1.807) is 0 Å². The molecule has 0 saturated heterocycles. The molecule has 0 amide bonds. The zero-order valence-electron chi connectivity index (χ0n) is 5.90. The first-order valence-corrected chi connectivity index (χ1v) is 3.47. The Balaban J connectivity index is 3.21. The third-order valence-corrected chi connectivity index (χ3v) is 1.65. The molecule has 0 aliphatic heterocycles. The van der Waals surface area contributed by atoms with Crippen molar-refractivity contribution in [2.75, 3.05) is 0 Å². The first kappa shape index (κ1) is 9.19. The van der Waals surface area contributed by atoms with E-state index in [4.69, 9.17) is 31.9 Å². The van der Waals surface area contributed by atoms with Crippen LogP contribution in [0.1, 0.15) is 0 Å². The second kappa shape index (κ2) is 3.22. The van der Waals surface area contributed by atoms with E-state index in [0.29, 0.717) is 0 Å². The van der Waals surface area contributed by atoms with Gasteiger partial charge >= 0.3 is 7.12 Å². The minimum atomic E-state index is -1.71. The summed E-state index contributed by atoms with van der Waals surface area (Å²) in [5.74, 6) is -0.952. The Bertz CT molecular complexity index is 279. The largest absolute Gasteiger partial charge is 0.504 e. The number of aromatic hydroxyl groups is 2. The first-order valence-electron chi connectivity index (χ1n) is 3.10. The molecular weight excluding hydrogens is 182 g/mol. The highest BCUT2D eigenvalue weighted by atomic mass is 35.5. The molecule has 0 aromatic heterocycles. The van der Waals surface area contributed by atoms with Gasteiger partial charge in [-0.15, -0.1) is 0 Å². The highest BCUT2D eigenvalue weighted by Crippen LogP contribution is 2.30. The minimum Gasteiger partial charge on any atom is -0.504 e. The highest BCUT2D eigenvalue weighted by molar-refractivity contribution is 6.59. The molecule has 0 atom stereocenters. The Hall–Kier alpha value is -0.905. The molecule has 1 aromatic carbocycles. The summed E-state index contributed by atoms with van der Waals surface area (Å²) < 4.78 is 0. The third kappa shape index (κ3) is 1.63. The van der Waals surface area contributed by atoms with E-state index in [0.717, 1.165) is 12.1 Å². The molecule has 6 heteroatoms. The van der Waals surface area contributed by atoms with Crippen molar-refractivity contribution >= 4 is 24.2 Å². The zero-order chi connectivity index (χ0) is 9.30. The van der Waals surface area contributed by atoms with E-state index in [1.807, 2.05) is 0 Å². The van der Waals surface area contributed by atoms with E-state index in [2.05, 4.69) is 0 Å². The lowest BCUT2D eigenvalue weighted by Gasteiger charge is -2.03. The van der Waals surface area contributed by atoms with Crippen LogP contribution in [0.5, 0.6) is 11.5 Å². The van der Waals surface area contributed by atoms with Crippen molar-refractivity contribution in [2.24, 2.45) is 0 Å². The van der Waals surface area contributed by atoms with Crippen molar-refractivity contribution in [2.45, 2.75) is 0 Å². The number of hydrogen-bond donors (Lipinski definition) is 4. The Labute approximate surface area is 73.8 Å². The van der Waals surface area contributed by atoms with Gasteiger partial charge in [0, 0.05) is 0 Å². The molecule has 0 unspecified atom stereocenters. The van der Waals surface area contributed by atoms with Crippen molar-refractivity contribution < 1.29 is 20.3 Å². The van der Waals surface area contributed by atoms with E-state index in [9.17, 15) is 0 Å². The smallest absolute Gasteiger partial charge is 0.488 e. The van der Waals surface area contributed by atoms with Gasteiger partial charge in [0.15, 0.2) is 11.5 Å². The van der Waals surface area contributed by atoms with Gasteiger partial charge in [0.25, 0.3) is 0 Å². The molecule has 0 aliphatic carbocycles. The molecule has 1 rings (SSSR count). The number of halogens is 1.